The lowest BCUT2D eigenvalue weighted by atomic mass is 9.96. The van der Waals surface area contributed by atoms with Crippen LogP contribution in [0, 0.1) is 0 Å². The van der Waals surface area contributed by atoms with Gasteiger partial charge in [-0.1, -0.05) is 62.3 Å². The van der Waals surface area contributed by atoms with Gasteiger partial charge in [0.15, 0.2) is 5.82 Å². The molecule has 8 heteroatoms. The van der Waals surface area contributed by atoms with Gasteiger partial charge in [0.1, 0.15) is 0 Å². The van der Waals surface area contributed by atoms with Gasteiger partial charge in [0, 0.05) is 17.0 Å². The monoisotopic (exact) mass is 353 g/mol. The highest BCUT2D eigenvalue weighted by atomic mass is 35.5. The highest BCUT2D eigenvalue weighted by Crippen LogP contribution is 2.23. The van der Waals surface area contributed by atoms with Gasteiger partial charge in [0.05, 0.1) is 5.75 Å². The number of carbonyl (C=O) groups excluding carboxylic acids is 1. The molecule has 23 heavy (non-hydrogen) atoms. The van der Waals surface area contributed by atoms with E-state index in [9.17, 15) is 4.79 Å². The van der Waals surface area contributed by atoms with Crippen molar-refractivity contribution in [1.29, 1.82) is 0 Å². The molecule has 0 aliphatic carbocycles. The van der Waals surface area contributed by atoms with Gasteiger partial charge in [-0.25, -0.2) is 4.68 Å². The van der Waals surface area contributed by atoms with Crippen LogP contribution in [-0.2, 0) is 16.8 Å². The smallest absolute Gasteiger partial charge is 0.230 e. The summed E-state index contributed by atoms with van der Waals surface area (Å²) in [5.74, 6) is 6.76. The first-order valence-corrected chi connectivity index (χ1v) is 8.49. The molecule has 0 atom stereocenters. The number of halogens is 1. The molecule has 1 aromatic heterocycles. The van der Waals surface area contributed by atoms with E-state index in [1.807, 2.05) is 39.0 Å². The van der Waals surface area contributed by atoms with E-state index in [2.05, 4.69) is 15.5 Å². The summed E-state index contributed by atoms with van der Waals surface area (Å²) in [4.78, 5) is 11.9. The zero-order valence-electron chi connectivity index (χ0n) is 13.3. The van der Waals surface area contributed by atoms with Gasteiger partial charge in [-0.3, -0.25) is 4.79 Å². The number of carbonyl (C=O) groups is 1. The average Bonchev–Trinajstić information content (AvgIpc) is 2.85. The van der Waals surface area contributed by atoms with E-state index in [1.54, 1.807) is 6.07 Å². The summed E-state index contributed by atoms with van der Waals surface area (Å²) in [7, 11) is 0. The number of nitrogens with two attached hydrogens (primary N) is 1. The predicted molar refractivity (Wildman–Crippen MR) is 92.9 cm³/mol. The average molecular weight is 354 g/mol. The molecule has 0 aliphatic heterocycles. The second kappa shape index (κ2) is 7.23. The van der Waals surface area contributed by atoms with E-state index in [4.69, 9.17) is 17.4 Å². The van der Waals surface area contributed by atoms with Crippen LogP contribution in [0.15, 0.2) is 29.4 Å². The third-order valence-electron chi connectivity index (χ3n) is 3.10. The van der Waals surface area contributed by atoms with Crippen molar-refractivity contribution in [3.63, 3.8) is 0 Å². The fraction of sp³-hybridized carbons (Fsp3) is 0.400. The van der Waals surface area contributed by atoms with Crippen LogP contribution >= 0.6 is 23.4 Å². The van der Waals surface area contributed by atoms with Crippen molar-refractivity contribution in [3.05, 3.63) is 40.7 Å². The summed E-state index contributed by atoms with van der Waals surface area (Å²) in [5, 5.41) is 12.1. The number of aromatic nitrogens is 3. The fourth-order valence-electron chi connectivity index (χ4n) is 1.90. The molecule has 1 amide bonds. The molecule has 1 aromatic carbocycles. The van der Waals surface area contributed by atoms with Gasteiger partial charge in [0.25, 0.3) is 0 Å². The summed E-state index contributed by atoms with van der Waals surface area (Å²) in [6.07, 6.45) is 0. The molecule has 0 spiro atoms. The maximum Gasteiger partial charge on any atom is 0.230 e. The molecule has 1 heterocycles. The van der Waals surface area contributed by atoms with Gasteiger partial charge < -0.3 is 11.2 Å². The van der Waals surface area contributed by atoms with Crippen molar-refractivity contribution in [2.24, 2.45) is 0 Å². The molecule has 124 valence electrons. The molecular weight excluding hydrogens is 334 g/mol. The number of hydrogen-bond donors (Lipinski definition) is 2. The molecule has 0 unspecified atom stereocenters. The first-order chi connectivity index (χ1) is 10.8. The minimum absolute atomic E-state index is 0.116. The van der Waals surface area contributed by atoms with Gasteiger partial charge in [0.2, 0.25) is 11.1 Å². The van der Waals surface area contributed by atoms with E-state index in [0.717, 1.165) is 5.56 Å². The minimum Gasteiger partial charge on any atom is -0.351 e. The number of thioether (sulfide) groups is 1. The lowest BCUT2D eigenvalue weighted by molar-refractivity contribution is -0.118. The quantitative estimate of drug-likeness (QED) is 0.636. The number of nitrogens with zero attached hydrogens (tertiary/aromatic N) is 3. The second-order valence-corrected chi connectivity index (χ2v) is 7.43. The van der Waals surface area contributed by atoms with Crippen LogP contribution in [0.4, 0.5) is 0 Å². The molecular formula is C15H20ClN5OS. The Kier molecular flexibility index (Phi) is 5.54. The predicted octanol–water partition coefficient (Wildman–Crippen LogP) is 2.35. The molecule has 3 N–H and O–H groups in total. The largest absolute Gasteiger partial charge is 0.351 e. The highest BCUT2D eigenvalue weighted by molar-refractivity contribution is 7.99. The van der Waals surface area contributed by atoms with Crippen LogP contribution in [-0.4, -0.2) is 26.5 Å². The van der Waals surface area contributed by atoms with Crippen molar-refractivity contribution >= 4 is 29.3 Å². The SMILES string of the molecule is CC(C)(C)c1nnc(SCC(=O)NCc2ccccc2Cl)n1N. The van der Waals surface area contributed by atoms with Crippen molar-refractivity contribution in [2.45, 2.75) is 37.9 Å². The first kappa shape index (κ1) is 17.6. The third-order valence-corrected chi connectivity index (χ3v) is 4.41. The summed E-state index contributed by atoms with van der Waals surface area (Å²) in [6.45, 7) is 6.41. The fourth-order valence-corrected chi connectivity index (χ4v) is 2.79. The Morgan fingerprint density at radius 1 is 1.35 bits per heavy atom. The van der Waals surface area contributed by atoms with E-state index in [1.165, 1.54) is 16.4 Å². The van der Waals surface area contributed by atoms with E-state index >= 15 is 0 Å². The normalized spacial score (nSPS) is 11.5. The molecule has 6 nitrogen and oxygen atoms in total. The van der Waals surface area contributed by atoms with Crippen LogP contribution in [0.3, 0.4) is 0 Å². The first-order valence-electron chi connectivity index (χ1n) is 7.13. The van der Waals surface area contributed by atoms with Crippen LogP contribution in [0.25, 0.3) is 0 Å². The number of benzene rings is 1. The zero-order valence-corrected chi connectivity index (χ0v) is 14.9. The standard InChI is InChI=1S/C15H20ClN5OS/c1-15(2,3)13-19-20-14(21(13)17)23-9-12(22)18-8-10-6-4-5-7-11(10)16/h4-7H,8-9,17H2,1-3H3,(H,18,22). The van der Waals surface area contributed by atoms with Crippen LogP contribution in [0.2, 0.25) is 5.02 Å². The maximum atomic E-state index is 11.9. The van der Waals surface area contributed by atoms with E-state index < -0.39 is 0 Å². The Bertz CT molecular complexity index is 695. The van der Waals surface area contributed by atoms with Crippen LogP contribution < -0.4 is 11.2 Å². The van der Waals surface area contributed by atoms with Crippen LogP contribution in [0.1, 0.15) is 32.2 Å². The second-order valence-electron chi connectivity index (χ2n) is 6.08. The highest BCUT2D eigenvalue weighted by Gasteiger charge is 2.23. The molecule has 2 rings (SSSR count). The zero-order chi connectivity index (χ0) is 17.0. The van der Waals surface area contributed by atoms with E-state index in [-0.39, 0.29) is 17.1 Å². The van der Waals surface area contributed by atoms with E-state index in [0.29, 0.717) is 22.5 Å². The Labute approximate surface area is 144 Å². The molecule has 0 saturated carbocycles. The van der Waals surface area contributed by atoms with Crippen LogP contribution in [0.5, 0.6) is 0 Å². The van der Waals surface area contributed by atoms with Gasteiger partial charge in [-0.2, -0.15) is 0 Å². The minimum atomic E-state index is -0.202. The summed E-state index contributed by atoms with van der Waals surface area (Å²) in [6, 6.07) is 7.40. The lowest BCUT2D eigenvalue weighted by Crippen LogP contribution is -2.26. The summed E-state index contributed by atoms with van der Waals surface area (Å²) < 4.78 is 1.44. The number of rotatable bonds is 5. The topological polar surface area (TPSA) is 85.8 Å². The Hall–Kier alpha value is -1.73. The van der Waals surface area contributed by atoms with Gasteiger partial charge in [-0.05, 0) is 11.6 Å². The Morgan fingerprint density at radius 2 is 2.04 bits per heavy atom. The summed E-state index contributed by atoms with van der Waals surface area (Å²) >= 11 is 7.30. The van der Waals surface area contributed by atoms with Crippen molar-refractivity contribution in [2.75, 3.05) is 11.6 Å². The lowest BCUT2D eigenvalue weighted by Gasteiger charge is -2.16. The van der Waals surface area contributed by atoms with Crippen molar-refractivity contribution in [1.82, 2.24) is 20.2 Å². The van der Waals surface area contributed by atoms with Crippen molar-refractivity contribution < 1.29 is 4.79 Å². The van der Waals surface area contributed by atoms with Gasteiger partial charge in [-0.15, -0.1) is 10.2 Å². The Morgan fingerprint density at radius 3 is 2.65 bits per heavy atom. The van der Waals surface area contributed by atoms with Crippen molar-refractivity contribution in [3.8, 4) is 0 Å². The maximum absolute atomic E-state index is 11.9. The molecule has 2 aromatic rings. The summed E-state index contributed by atoms with van der Waals surface area (Å²) in [5.41, 5.74) is 0.678. The third kappa shape index (κ3) is 4.62. The molecule has 0 aliphatic rings. The van der Waals surface area contributed by atoms with Gasteiger partial charge >= 0.3 is 0 Å². The molecule has 0 bridgehead atoms. The molecule has 0 saturated heterocycles. The molecule has 0 fully saturated rings. The number of nitrogens with one attached hydrogen (secondary N) is 1. The Balaban J connectivity index is 1.88. The number of nitrogen functional groups attached to an aromatic ring is 1. The molecule has 0 radical (unpaired) electrons. The number of hydrogen-bond acceptors (Lipinski definition) is 5. The number of amides is 1.